The van der Waals surface area contributed by atoms with Crippen LogP contribution in [-0.2, 0) is 0 Å². The second-order valence-electron chi connectivity index (χ2n) is 7.84. The second-order valence-corrected chi connectivity index (χ2v) is 7.84. The summed E-state index contributed by atoms with van der Waals surface area (Å²) < 4.78 is 41.0. The van der Waals surface area contributed by atoms with Gasteiger partial charge in [-0.25, -0.2) is 18.2 Å². The number of anilines is 1. The molecule has 2 N–H and O–H groups in total. The quantitative estimate of drug-likeness (QED) is 0.562. The Balaban J connectivity index is 1.80. The molecule has 0 bridgehead atoms. The first-order chi connectivity index (χ1) is 14.5. The Labute approximate surface area is 175 Å². The zero-order valence-corrected chi connectivity index (χ0v) is 17.2. The molecule has 1 unspecified atom stereocenters. The fourth-order valence-electron chi connectivity index (χ4n) is 4.15. The minimum Gasteiger partial charge on any atom is -0.317 e. The fraction of sp³-hybridized carbons (Fsp3) is 0.478. The first-order valence-electron chi connectivity index (χ1n) is 10.6. The number of nitrogens with one attached hydrogen (secondary N) is 2. The SMILES string of the molecule is CCCCCC(c1cccc(NC(=O)c2c(F)cc(F)cc2F)n1)C1CCNCC1. The van der Waals surface area contributed by atoms with Gasteiger partial charge < -0.3 is 10.6 Å². The van der Waals surface area contributed by atoms with Crippen molar-refractivity contribution in [3.8, 4) is 0 Å². The van der Waals surface area contributed by atoms with E-state index in [0.29, 0.717) is 18.1 Å². The largest absolute Gasteiger partial charge is 0.317 e. The lowest BCUT2D eigenvalue weighted by Crippen LogP contribution is -2.31. The van der Waals surface area contributed by atoms with Crippen LogP contribution in [0, 0.1) is 23.4 Å². The maximum absolute atomic E-state index is 13.9. The van der Waals surface area contributed by atoms with Crippen LogP contribution in [0.3, 0.4) is 0 Å². The number of aromatic nitrogens is 1. The maximum atomic E-state index is 13.9. The molecule has 162 valence electrons. The number of benzene rings is 1. The van der Waals surface area contributed by atoms with Crippen LogP contribution in [0.15, 0.2) is 30.3 Å². The third-order valence-electron chi connectivity index (χ3n) is 5.70. The lowest BCUT2D eigenvalue weighted by atomic mass is 9.79. The van der Waals surface area contributed by atoms with Gasteiger partial charge in [0.15, 0.2) is 0 Å². The van der Waals surface area contributed by atoms with E-state index in [0.717, 1.165) is 57.3 Å². The normalized spacial score (nSPS) is 15.7. The monoisotopic (exact) mass is 419 g/mol. The number of carbonyl (C=O) groups excluding carboxylic acids is 1. The Bertz CT molecular complexity index is 846. The number of rotatable bonds is 8. The van der Waals surface area contributed by atoms with Gasteiger partial charge in [-0.2, -0.15) is 0 Å². The molecule has 1 saturated heterocycles. The van der Waals surface area contributed by atoms with Gasteiger partial charge in [0.2, 0.25) is 0 Å². The molecule has 3 rings (SSSR count). The lowest BCUT2D eigenvalue weighted by molar-refractivity contribution is 0.101. The van der Waals surface area contributed by atoms with Crippen LogP contribution in [-0.4, -0.2) is 24.0 Å². The number of hydrogen-bond acceptors (Lipinski definition) is 3. The highest BCUT2D eigenvalue weighted by molar-refractivity contribution is 6.04. The van der Waals surface area contributed by atoms with Crippen molar-refractivity contribution >= 4 is 11.7 Å². The fourth-order valence-corrected chi connectivity index (χ4v) is 4.15. The van der Waals surface area contributed by atoms with Crippen molar-refractivity contribution in [2.75, 3.05) is 18.4 Å². The van der Waals surface area contributed by atoms with Crippen LogP contribution in [0.1, 0.15) is 67.4 Å². The standard InChI is InChI=1S/C23H28F3N3O/c1-2-3-4-6-17(15-9-11-27-12-10-15)20-7-5-8-21(28-20)29-23(30)22-18(25)13-16(24)14-19(22)26/h5,7-8,13-15,17,27H,2-4,6,9-12H2,1H3,(H,28,29,30). The highest BCUT2D eigenvalue weighted by Crippen LogP contribution is 2.35. The second kappa shape index (κ2) is 10.6. The highest BCUT2D eigenvalue weighted by Gasteiger charge is 2.26. The molecular weight excluding hydrogens is 391 g/mol. The molecule has 2 aromatic rings. The molecule has 0 aliphatic carbocycles. The summed E-state index contributed by atoms with van der Waals surface area (Å²) in [5.74, 6) is -3.53. The van der Waals surface area contributed by atoms with Crippen molar-refractivity contribution in [1.82, 2.24) is 10.3 Å². The Morgan fingerprint density at radius 1 is 1.17 bits per heavy atom. The van der Waals surface area contributed by atoms with Gasteiger partial charge in [-0.05, 0) is 50.4 Å². The molecule has 30 heavy (non-hydrogen) atoms. The van der Waals surface area contributed by atoms with Crippen molar-refractivity contribution in [2.45, 2.75) is 51.4 Å². The smallest absolute Gasteiger partial charge is 0.262 e. The van der Waals surface area contributed by atoms with Gasteiger partial charge in [0.05, 0.1) is 0 Å². The maximum Gasteiger partial charge on any atom is 0.262 e. The van der Waals surface area contributed by atoms with Crippen molar-refractivity contribution in [1.29, 1.82) is 0 Å². The lowest BCUT2D eigenvalue weighted by Gasteiger charge is -2.30. The molecule has 4 nitrogen and oxygen atoms in total. The van der Waals surface area contributed by atoms with Gasteiger partial charge in [-0.3, -0.25) is 4.79 Å². The predicted octanol–water partition coefficient (Wildman–Crippen LogP) is 5.41. The molecule has 0 radical (unpaired) electrons. The van der Waals surface area contributed by atoms with E-state index in [9.17, 15) is 18.0 Å². The van der Waals surface area contributed by atoms with E-state index in [1.807, 2.05) is 6.07 Å². The molecule has 1 aliphatic rings. The Morgan fingerprint density at radius 2 is 1.87 bits per heavy atom. The third kappa shape index (κ3) is 5.59. The zero-order valence-electron chi connectivity index (χ0n) is 17.2. The molecule has 1 amide bonds. The van der Waals surface area contributed by atoms with Crippen molar-refractivity contribution in [3.05, 3.63) is 59.0 Å². The third-order valence-corrected chi connectivity index (χ3v) is 5.70. The van der Waals surface area contributed by atoms with Gasteiger partial charge in [0, 0.05) is 23.7 Å². The average molecular weight is 419 g/mol. The number of pyridine rings is 1. The van der Waals surface area contributed by atoms with E-state index in [1.54, 1.807) is 12.1 Å². The number of amides is 1. The first kappa shape index (κ1) is 22.3. The minimum absolute atomic E-state index is 0.232. The minimum atomic E-state index is -1.24. The molecule has 1 aromatic carbocycles. The number of piperidine rings is 1. The van der Waals surface area contributed by atoms with Gasteiger partial charge in [0.1, 0.15) is 28.8 Å². The summed E-state index contributed by atoms with van der Waals surface area (Å²) in [5, 5.41) is 5.84. The topological polar surface area (TPSA) is 54.0 Å². The van der Waals surface area contributed by atoms with Gasteiger partial charge >= 0.3 is 0 Å². The van der Waals surface area contributed by atoms with Crippen LogP contribution >= 0.6 is 0 Å². The predicted molar refractivity (Wildman–Crippen MR) is 111 cm³/mol. The summed E-state index contributed by atoms with van der Waals surface area (Å²) >= 11 is 0. The van der Waals surface area contributed by atoms with E-state index in [4.69, 9.17) is 0 Å². The van der Waals surface area contributed by atoms with E-state index in [2.05, 4.69) is 22.5 Å². The van der Waals surface area contributed by atoms with Crippen LogP contribution in [0.2, 0.25) is 0 Å². The molecule has 7 heteroatoms. The van der Waals surface area contributed by atoms with E-state index >= 15 is 0 Å². The molecule has 0 spiro atoms. The number of unbranched alkanes of at least 4 members (excludes halogenated alkanes) is 2. The van der Waals surface area contributed by atoms with Gasteiger partial charge in [-0.1, -0.05) is 32.3 Å². The summed E-state index contributed by atoms with van der Waals surface area (Å²) in [7, 11) is 0. The molecule has 1 aromatic heterocycles. The van der Waals surface area contributed by atoms with Crippen molar-refractivity contribution in [3.63, 3.8) is 0 Å². The summed E-state index contributed by atoms with van der Waals surface area (Å²) in [5.41, 5.74) is 0.0670. The van der Waals surface area contributed by atoms with E-state index in [1.165, 1.54) is 0 Å². The molecule has 1 aliphatic heterocycles. The van der Waals surface area contributed by atoms with Crippen LogP contribution in [0.5, 0.6) is 0 Å². The van der Waals surface area contributed by atoms with Gasteiger partial charge in [-0.15, -0.1) is 0 Å². The summed E-state index contributed by atoms with van der Waals surface area (Å²) in [6.07, 6.45) is 6.56. The van der Waals surface area contributed by atoms with Crippen molar-refractivity contribution in [2.24, 2.45) is 5.92 Å². The van der Waals surface area contributed by atoms with E-state index in [-0.39, 0.29) is 11.7 Å². The Hall–Kier alpha value is -2.41. The number of nitrogens with zero attached hydrogens (tertiary/aromatic N) is 1. The van der Waals surface area contributed by atoms with Crippen molar-refractivity contribution < 1.29 is 18.0 Å². The van der Waals surface area contributed by atoms with Crippen LogP contribution in [0.4, 0.5) is 19.0 Å². The van der Waals surface area contributed by atoms with Crippen LogP contribution in [0.25, 0.3) is 0 Å². The van der Waals surface area contributed by atoms with Gasteiger partial charge in [0.25, 0.3) is 5.91 Å². The zero-order chi connectivity index (χ0) is 21.5. The Kier molecular flexibility index (Phi) is 7.85. The number of carbonyl (C=O) groups is 1. The molecular formula is C23H28F3N3O. The number of hydrogen-bond donors (Lipinski definition) is 2. The Morgan fingerprint density at radius 3 is 2.53 bits per heavy atom. The summed E-state index contributed by atoms with van der Waals surface area (Å²) in [4.78, 5) is 17.0. The number of halogens is 3. The molecule has 1 fully saturated rings. The summed E-state index contributed by atoms with van der Waals surface area (Å²) in [6.45, 7) is 4.13. The first-order valence-corrected chi connectivity index (χ1v) is 10.6. The molecule has 0 saturated carbocycles. The van der Waals surface area contributed by atoms with Crippen LogP contribution < -0.4 is 10.6 Å². The summed E-state index contributed by atoms with van der Waals surface area (Å²) in [6, 6.07) is 6.31. The molecule has 2 heterocycles. The van der Waals surface area contributed by atoms with E-state index < -0.39 is 28.9 Å². The highest BCUT2D eigenvalue weighted by atomic mass is 19.1. The molecule has 1 atom stereocenters. The average Bonchev–Trinajstić information content (AvgIpc) is 2.71.